The number of benzene rings is 2. The Morgan fingerprint density at radius 1 is 1.09 bits per heavy atom. The Balaban J connectivity index is 1.77. The van der Waals surface area contributed by atoms with Gasteiger partial charge in [-0.05, 0) is 18.1 Å². The van der Waals surface area contributed by atoms with E-state index in [0.29, 0.717) is 0 Å². The van der Waals surface area contributed by atoms with Gasteiger partial charge in [0.2, 0.25) is 5.95 Å². The fourth-order valence-electron chi connectivity index (χ4n) is 3.22. The van der Waals surface area contributed by atoms with Crippen molar-refractivity contribution in [1.82, 2.24) is 14.8 Å². The molecule has 1 aromatic heterocycles. The van der Waals surface area contributed by atoms with E-state index in [4.69, 9.17) is 4.74 Å². The number of fused-ring (bicyclic) bond motifs is 1. The predicted molar refractivity (Wildman–Crippen MR) is 88.6 cm³/mol. The lowest BCUT2D eigenvalue weighted by molar-refractivity contribution is 0.380. The maximum Gasteiger partial charge on any atom is 0.222 e. The highest BCUT2D eigenvalue weighted by Crippen LogP contribution is 2.40. The molecule has 5 heteroatoms. The summed E-state index contributed by atoms with van der Waals surface area (Å²) < 4.78 is 7.49. The molecule has 2 atom stereocenters. The lowest BCUT2D eigenvalue weighted by Crippen LogP contribution is -2.28. The molecule has 0 aliphatic carbocycles. The molecule has 1 aliphatic heterocycles. The third-order valence-corrected chi connectivity index (χ3v) is 4.33. The summed E-state index contributed by atoms with van der Waals surface area (Å²) in [6.07, 6.45) is 2.48. The molecule has 0 saturated heterocycles. The summed E-state index contributed by atoms with van der Waals surface area (Å²) in [6, 6.07) is 18.8. The molecule has 2 aromatic carbocycles. The highest BCUT2D eigenvalue weighted by Gasteiger charge is 2.31. The first-order chi connectivity index (χ1) is 11.4. The van der Waals surface area contributed by atoms with Gasteiger partial charge in [-0.1, -0.05) is 48.5 Å². The first kappa shape index (κ1) is 13.8. The molecule has 0 fully saturated rings. The van der Waals surface area contributed by atoms with Crippen molar-refractivity contribution in [3.05, 3.63) is 72.1 Å². The van der Waals surface area contributed by atoms with Crippen LogP contribution in [0, 0.1) is 0 Å². The maximum atomic E-state index is 5.55. The lowest BCUT2D eigenvalue weighted by atomic mass is 9.93. The Hall–Kier alpha value is -2.82. The van der Waals surface area contributed by atoms with Gasteiger partial charge in [-0.2, -0.15) is 10.1 Å². The van der Waals surface area contributed by atoms with Crippen LogP contribution in [0.15, 0.2) is 60.9 Å². The molecule has 0 radical (unpaired) electrons. The first-order valence-electron chi connectivity index (χ1n) is 7.70. The number of ether oxygens (including phenoxy) is 1. The first-order valence-corrected chi connectivity index (χ1v) is 7.70. The van der Waals surface area contributed by atoms with Crippen LogP contribution in [0.3, 0.4) is 0 Å². The summed E-state index contributed by atoms with van der Waals surface area (Å²) in [5.74, 6) is 1.67. The lowest BCUT2D eigenvalue weighted by Gasteiger charge is -2.32. The van der Waals surface area contributed by atoms with Crippen LogP contribution >= 0.6 is 0 Å². The van der Waals surface area contributed by atoms with Crippen molar-refractivity contribution in [2.45, 2.75) is 18.5 Å². The fourth-order valence-corrected chi connectivity index (χ4v) is 3.22. The topological polar surface area (TPSA) is 52.0 Å². The monoisotopic (exact) mass is 306 g/mol. The average Bonchev–Trinajstić information content (AvgIpc) is 3.10. The molecule has 1 aliphatic rings. The molecule has 2 heterocycles. The van der Waals surface area contributed by atoms with Crippen LogP contribution in [0.25, 0.3) is 0 Å². The molecular weight excluding hydrogens is 288 g/mol. The zero-order chi connectivity index (χ0) is 15.6. The number of aromatic nitrogens is 3. The molecule has 0 saturated carbocycles. The van der Waals surface area contributed by atoms with Crippen LogP contribution in [0.4, 0.5) is 5.95 Å². The van der Waals surface area contributed by atoms with Crippen LogP contribution < -0.4 is 10.1 Å². The molecular formula is C18H18N4O. The van der Waals surface area contributed by atoms with Crippen LogP contribution in [0.2, 0.25) is 0 Å². The van der Waals surface area contributed by atoms with Gasteiger partial charge in [-0.15, -0.1) is 0 Å². The summed E-state index contributed by atoms with van der Waals surface area (Å²) in [5.41, 5.74) is 2.38. The van der Waals surface area contributed by atoms with E-state index in [0.717, 1.165) is 23.7 Å². The number of nitrogens with one attached hydrogen (secondary N) is 1. The summed E-state index contributed by atoms with van der Waals surface area (Å²) >= 11 is 0. The van der Waals surface area contributed by atoms with Crippen molar-refractivity contribution in [1.29, 1.82) is 0 Å². The van der Waals surface area contributed by atoms with Gasteiger partial charge in [0.15, 0.2) is 0 Å². The van der Waals surface area contributed by atoms with Gasteiger partial charge < -0.3 is 10.1 Å². The minimum absolute atomic E-state index is 0.0927. The standard InChI is InChI=1S/C18H18N4O/c1-23-17-10-6-5-9-14(17)16-11-15(13-7-3-2-4-8-13)21-18-19-12-20-22(16)18/h2-10,12,15-16H,11H2,1H3,(H,19,20,21)/t15-,16-/m1/s1. The van der Waals surface area contributed by atoms with E-state index in [1.165, 1.54) is 5.56 Å². The smallest absolute Gasteiger partial charge is 0.222 e. The van der Waals surface area contributed by atoms with E-state index in [2.05, 4.69) is 45.7 Å². The van der Waals surface area contributed by atoms with Crippen LogP contribution in [-0.4, -0.2) is 21.9 Å². The van der Waals surface area contributed by atoms with Crippen molar-refractivity contribution >= 4 is 5.95 Å². The Labute approximate surface area is 134 Å². The number of nitrogens with zero attached hydrogens (tertiary/aromatic N) is 3. The number of hydrogen-bond donors (Lipinski definition) is 1. The molecule has 23 heavy (non-hydrogen) atoms. The summed E-state index contributed by atoms with van der Waals surface area (Å²) in [4.78, 5) is 4.36. The second-order valence-electron chi connectivity index (χ2n) is 5.63. The van der Waals surface area contributed by atoms with E-state index in [1.807, 2.05) is 28.9 Å². The third-order valence-electron chi connectivity index (χ3n) is 4.33. The second kappa shape index (κ2) is 5.76. The number of rotatable bonds is 3. The van der Waals surface area contributed by atoms with Gasteiger partial charge in [0.1, 0.15) is 12.1 Å². The van der Waals surface area contributed by atoms with Crippen molar-refractivity contribution in [2.75, 3.05) is 12.4 Å². The quantitative estimate of drug-likeness (QED) is 0.805. The van der Waals surface area contributed by atoms with Gasteiger partial charge in [0.25, 0.3) is 0 Å². The SMILES string of the molecule is COc1ccccc1[C@H]1C[C@H](c2ccccc2)Nc2ncnn21. The van der Waals surface area contributed by atoms with E-state index in [9.17, 15) is 0 Å². The van der Waals surface area contributed by atoms with E-state index in [1.54, 1.807) is 13.4 Å². The Kier molecular flexibility index (Phi) is 3.46. The fraction of sp³-hybridized carbons (Fsp3) is 0.222. The van der Waals surface area contributed by atoms with Gasteiger partial charge in [-0.3, -0.25) is 0 Å². The Morgan fingerprint density at radius 2 is 1.87 bits per heavy atom. The second-order valence-corrected chi connectivity index (χ2v) is 5.63. The van der Waals surface area contributed by atoms with Gasteiger partial charge in [-0.25, -0.2) is 4.68 Å². The van der Waals surface area contributed by atoms with Crippen molar-refractivity contribution in [3.63, 3.8) is 0 Å². The molecule has 1 N–H and O–H groups in total. The number of anilines is 1. The van der Waals surface area contributed by atoms with Gasteiger partial charge in [0.05, 0.1) is 19.2 Å². The molecule has 5 nitrogen and oxygen atoms in total. The number of para-hydroxylation sites is 1. The minimum atomic E-state index is 0.0927. The zero-order valence-electron chi connectivity index (χ0n) is 12.9. The Morgan fingerprint density at radius 3 is 2.70 bits per heavy atom. The van der Waals surface area contributed by atoms with Crippen molar-refractivity contribution < 1.29 is 4.74 Å². The normalized spacial score (nSPS) is 19.7. The van der Waals surface area contributed by atoms with Crippen molar-refractivity contribution in [3.8, 4) is 5.75 Å². The third kappa shape index (κ3) is 2.44. The van der Waals surface area contributed by atoms with Gasteiger partial charge in [0, 0.05) is 5.56 Å². The molecule has 0 spiro atoms. The number of hydrogen-bond acceptors (Lipinski definition) is 4. The average molecular weight is 306 g/mol. The summed E-state index contributed by atoms with van der Waals surface area (Å²) in [6.45, 7) is 0. The predicted octanol–water partition coefficient (Wildman–Crippen LogP) is 3.43. The maximum absolute atomic E-state index is 5.55. The molecule has 4 rings (SSSR count). The summed E-state index contributed by atoms with van der Waals surface area (Å²) in [7, 11) is 1.71. The summed E-state index contributed by atoms with van der Waals surface area (Å²) in [5, 5.41) is 7.88. The largest absolute Gasteiger partial charge is 0.496 e. The minimum Gasteiger partial charge on any atom is -0.496 e. The highest BCUT2D eigenvalue weighted by atomic mass is 16.5. The molecule has 0 unspecified atom stereocenters. The van der Waals surface area contributed by atoms with Crippen LogP contribution in [0.5, 0.6) is 5.75 Å². The van der Waals surface area contributed by atoms with Crippen LogP contribution in [0.1, 0.15) is 29.6 Å². The zero-order valence-corrected chi connectivity index (χ0v) is 12.9. The van der Waals surface area contributed by atoms with E-state index >= 15 is 0 Å². The Bertz CT molecular complexity index is 800. The molecule has 0 amide bonds. The number of methoxy groups -OCH3 is 1. The highest BCUT2D eigenvalue weighted by molar-refractivity contribution is 5.42. The molecule has 0 bridgehead atoms. The molecule has 116 valence electrons. The van der Waals surface area contributed by atoms with Crippen molar-refractivity contribution in [2.24, 2.45) is 0 Å². The van der Waals surface area contributed by atoms with E-state index < -0.39 is 0 Å². The van der Waals surface area contributed by atoms with E-state index in [-0.39, 0.29) is 12.1 Å². The van der Waals surface area contributed by atoms with Crippen LogP contribution in [-0.2, 0) is 0 Å². The molecule has 3 aromatic rings. The van der Waals surface area contributed by atoms with Gasteiger partial charge >= 0.3 is 0 Å².